The monoisotopic (exact) mass is 420 g/mol. The quantitative estimate of drug-likeness (QED) is 0.598. The number of aromatic nitrogens is 2. The highest BCUT2D eigenvalue weighted by Gasteiger charge is 2.13. The second-order valence-electron chi connectivity index (χ2n) is 6.75. The lowest BCUT2D eigenvalue weighted by Gasteiger charge is -2.16. The van der Waals surface area contributed by atoms with Crippen molar-refractivity contribution >= 4 is 29.1 Å². The van der Waals surface area contributed by atoms with Gasteiger partial charge in [0, 0.05) is 17.2 Å². The molecule has 1 unspecified atom stereocenters. The van der Waals surface area contributed by atoms with Gasteiger partial charge in [-0.25, -0.2) is 4.68 Å². The number of aryl methyl sites for hydroxylation is 1. The normalized spacial score (nSPS) is 12.0. The number of hydrogen-bond acceptors (Lipinski definition) is 6. The molecule has 28 heavy (non-hydrogen) atoms. The summed E-state index contributed by atoms with van der Waals surface area (Å²) >= 11 is 7.68. The van der Waals surface area contributed by atoms with Crippen LogP contribution in [0.3, 0.4) is 0 Å². The van der Waals surface area contributed by atoms with Crippen LogP contribution in [-0.2, 0) is 6.42 Å². The van der Waals surface area contributed by atoms with Gasteiger partial charge in [0.05, 0.1) is 35.7 Å². The molecule has 2 rings (SSSR count). The van der Waals surface area contributed by atoms with E-state index in [9.17, 15) is 9.90 Å². The highest BCUT2D eigenvalue weighted by molar-refractivity contribution is 7.99. The highest BCUT2D eigenvalue weighted by Crippen LogP contribution is 2.26. The third-order valence-electron chi connectivity index (χ3n) is 4.10. The van der Waals surface area contributed by atoms with Crippen molar-refractivity contribution in [1.29, 1.82) is 5.26 Å². The van der Waals surface area contributed by atoms with Crippen molar-refractivity contribution in [3.63, 3.8) is 0 Å². The van der Waals surface area contributed by atoms with Crippen LogP contribution in [0, 0.1) is 11.3 Å². The van der Waals surface area contributed by atoms with Gasteiger partial charge >= 0.3 is 0 Å². The van der Waals surface area contributed by atoms with E-state index in [2.05, 4.69) is 23.4 Å². The van der Waals surface area contributed by atoms with Crippen LogP contribution in [0.25, 0.3) is 0 Å². The smallest absolute Gasteiger partial charge is 0.287 e. The number of halogens is 1. The van der Waals surface area contributed by atoms with Gasteiger partial charge in [-0.05, 0) is 44.0 Å². The van der Waals surface area contributed by atoms with E-state index in [0.717, 1.165) is 23.3 Å². The number of benzene rings is 1. The molecule has 0 aliphatic heterocycles. The molecule has 2 N–H and O–H groups in total. The first kappa shape index (κ1) is 22.3. The minimum absolute atomic E-state index is 0.0703. The fourth-order valence-electron chi connectivity index (χ4n) is 2.66. The zero-order valence-electron chi connectivity index (χ0n) is 16.3. The molecule has 0 saturated carbocycles. The number of nitrogens with one attached hydrogen (secondary N) is 1. The first-order valence-electron chi connectivity index (χ1n) is 9.22. The molecule has 0 spiro atoms. The zero-order chi connectivity index (χ0) is 20.7. The van der Waals surface area contributed by atoms with Crippen LogP contribution >= 0.6 is 23.4 Å². The maximum Gasteiger partial charge on any atom is 0.287 e. The molecular formula is C20H25ClN4O2S. The first-order valence-corrected chi connectivity index (χ1v) is 10.6. The number of nitriles is 1. The first-order chi connectivity index (χ1) is 13.4. The molecule has 1 heterocycles. The molecule has 0 radical (unpaired) electrons. The van der Waals surface area contributed by atoms with Gasteiger partial charge in [0.2, 0.25) is 0 Å². The Bertz CT molecular complexity index is 908. The van der Waals surface area contributed by atoms with E-state index in [1.165, 1.54) is 10.9 Å². The molecule has 0 aliphatic rings. The third kappa shape index (κ3) is 5.74. The lowest BCUT2D eigenvalue weighted by atomic mass is 10.1. The van der Waals surface area contributed by atoms with Gasteiger partial charge in [-0.2, -0.15) is 10.4 Å². The van der Waals surface area contributed by atoms with E-state index in [1.807, 2.05) is 26.0 Å². The lowest BCUT2D eigenvalue weighted by Crippen LogP contribution is -2.27. The summed E-state index contributed by atoms with van der Waals surface area (Å²) in [4.78, 5) is 13.2. The van der Waals surface area contributed by atoms with E-state index in [0.29, 0.717) is 17.0 Å². The predicted octanol–water partition coefficient (Wildman–Crippen LogP) is 3.87. The van der Waals surface area contributed by atoms with Crippen LogP contribution < -0.4 is 10.9 Å². The minimum Gasteiger partial charge on any atom is -0.390 e. The van der Waals surface area contributed by atoms with Crippen molar-refractivity contribution in [1.82, 2.24) is 9.78 Å². The number of aliphatic hydroxyl groups is 1. The molecule has 0 fully saturated rings. The summed E-state index contributed by atoms with van der Waals surface area (Å²) in [5.41, 5.74) is 1.83. The molecule has 0 aliphatic carbocycles. The fourth-order valence-corrected chi connectivity index (χ4v) is 3.87. The van der Waals surface area contributed by atoms with Crippen molar-refractivity contribution in [3.05, 3.63) is 50.9 Å². The molecule has 1 aromatic carbocycles. The Kier molecular flexibility index (Phi) is 8.36. The standard InChI is InChI=1S/C20H25ClN4O2S/c1-4-5-15-8-14(9-22)6-7-18(15)28-12-16(26)10-23-17-11-24-25(13(2)3)20(27)19(17)21/h6-8,11,13,16,23,26H,4-5,10,12H2,1-3H3. The van der Waals surface area contributed by atoms with Crippen LogP contribution in [0.1, 0.15) is 44.4 Å². The fraction of sp³-hybridized carbons (Fsp3) is 0.450. The number of hydrogen-bond donors (Lipinski definition) is 2. The third-order valence-corrected chi connectivity index (χ3v) is 5.73. The van der Waals surface area contributed by atoms with Gasteiger partial charge < -0.3 is 10.4 Å². The molecule has 0 saturated heterocycles. The molecular weight excluding hydrogens is 396 g/mol. The van der Waals surface area contributed by atoms with Crippen LogP contribution in [0.2, 0.25) is 5.02 Å². The molecule has 0 bridgehead atoms. The average Bonchev–Trinajstić information content (AvgIpc) is 2.68. The van der Waals surface area contributed by atoms with Crippen LogP contribution in [0.4, 0.5) is 5.69 Å². The van der Waals surface area contributed by atoms with Crippen molar-refractivity contribution < 1.29 is 5.11 Å². The van der Waals surface area contributed by atoms with E-state index in [4.69, 9.17) is 16.9 Å². The second-order valence-corrected chi connectivity index (χ2v) is 8.19. The van der Waals surface area contributed by atoms with Crippen LogP contribution in [0.5, 0.6) is 0 Å². The molecule has 0 amide bonds. The lowest BCUT2D eigenvalue weighted by molar-refractivity contribution is 0.213. The summed E-state index contributed by atoms with van der Waals surface area (Å²) < 4.78 is 1.32. The summed E-state index contributed by atoms with van der Waals surface area (Å²) in [7, 11) is 0. The molecule has 1 atom stereocenters. The van der Waals surface area contributed by atoms with Crippen molar-refractivity contribution in [2.75, 3.05) is 17.6 Å². The summed E-state index contributed by atoms with van der Waals surface area (Å²) in [6.07, 6.45) is 2.74. The van der Waals surface area contributed by atoms with Crippen molar-refractivity contribution in [2.45, 2.75) is 50.7 Å². The molecule has 1 aromatic heterocycles. The van der Waals surface area contributed by atoms with Gasteiger partial charge in [-0.1, -0.05) is 24.9 Å². The Morgan fingerprint density at radius 3 is 2.82 bits per heavy atom. The molecule has 2 aromatic rings. The topological polar surface area (TPSA) is 90.9 Å². The average molecular weight is 421 g/mol. The van der Waals surface area contributed by atoms with E-state index >= 15 is 0 Å². The van der Waals surface area contributed by atoms with Crippen LogP contribution in [0.15, 0.2) is 34.1 Å². The Labute approximate surface area is 174 Å². The summed E-state index contributed by atoms with van der Waals surface area (Å²) in [5, 5.41) is 26.5. The largest absolute Gasteiger partial charge is 0.390 e. The van der Waals surface area contributed by atoms with E-state index in [1.54, 1.807) is 17.8 Å². The zero-order valence-corrected chi connectivity index (χ0v) is 17.8. The maximum atomic E-state index is 12.2. The SMILES string of the molecule is CCCc1cc(C#N)ccc1SCC(O)CNc1cnn(C(C)C)c(=O)c1Cl. The molecule has 6 nitrogen and oxygen atoms in total. The van der Waals surface area contributed by atoms with Crippen molar-refractivity contribution in [3.8, 4) is 6.07 Å². The molecule has 150 valence electrons. The Morgan fingerprint density at radius 2 is 2.18 bits per heavy atom. The van der Waals surface area contributed by atoms with E-state index in [-0.39, 0.29) is 23.2 Å². The highest BCUT2D eigenvalue weighted by atomic mass is 35.5. The number of rotatable bonds is 9. The van der Waals surface area contributed by atoms with Gasteiger partial charge in [0.15, 0.2) is 0 Å². The van der Waals surface area contributed by atoms with Gasteiger partial charge in [-0.15, -0.1) is 11.8 Å². The summed E-state index contributed by atoms with van der Waals surface area (Å²) in [5.74, 6) is 0.476. The number of thioether (sulfide) groups is 1. The van der Waals surface area contributed by atoms with Gasteiger partial charge in [-0.3, -0.25) is 4.79 Å². The summed E-state index contributed by atoms with van der Waals surface area (Å²) in [6, 6.07) is 7.72. The minimum atomic E-state index is -0.640. The second kappa shape index (κ2) is 10.5. The Hall–Kier alpha value is -2.01. The number of nitrogens with zero attached hydrogens (tertiary/aromatic N) is 3. The van der Waals surface area contributed by atoms with Gasteiger partial charge in [0.1, 0.15) is 5.02 Å². The number of aliphatic hydroxyl groups excluding tert-OH is 1. The van der Waals surface area contributed by atoms with Crippen LogP contribution in [-0.4, -0.2) is 33.3 Å². The number of anilines is 1. The Balaban J connectivity index is 1.97. The summed E-state index contributed by atoms with van der Waals surface area (Å²) in [6.45, 7) is 6.06. The Morgan fingerprint density at radius 1 is 1.43 bits per heavy atom. The maximum absolute atomic E-state index is 12.2. The van der Waals surface area contributed by atoms with Crippen molar-refractivity contribution in [2.24, 2.45) is 0 Å². The van der Waals surface area contributed by atoms with Gasteiger partial charge in [0.25, 0.3) is 5.56 Å². The van der Waals surface area contributed by atoms with E-state index < -0.39 is 6.10 Å². The molecule has 8 heteroatoms. The predicted molar refractivity (Wildman–Crippen MR) is 114 cm³/mol.